The lowest BCUT2D eigenvalue weighted by atomic mass is 10.2. The first-order valence-electron chi connectivity index (χ1n) is 5.54. The largest absolute Gasteiger partial charge is 0.493 e. The minimum atomic E-state index is -0.470. The van der Waals surface area contributed by atoms with Gasteiger partial charge in [-0.1, -0.05) is 0 Å². The maximum atomic E-state index is 11.0. The maximum absolute atomic E-state index is 11.0. The standard InChI is InChI=1S/C13H16O6/c1-8(14)18-11-6-12(17-4)13(19-9(2)15)5-10(11)7-16-3/h5-6H,7H2,1-4H3. The number of esters is 2. The van der Waals surface area contributed by atoms with Crippen molar-refractivity contribution < 1.29 is 28.5 Å². The van der Waals surface area contributed by atoms with Gasteiger partial charge >= 0.3 is 11.9 Å². The van der Waals surface area contributed by atoms with Crippen molar-refractivity contribution in [2.75, 3.05) is 14.2 Å². The van der Waals surface area contributed by atoms with Crippen LogP contribution in [-0.4, -0.2) is 26.2 Å². The third kappa shape index (κ3) is 4.26. The summed E-state index contributed by atoms with van der Waals surface area (Å²) in [5.41, 5.74) is 0.578. The summed E-state index contributed by atoms with van der Waals surface area (Å²) < 4.78 is 20.2. The first-order valence-corrected chi connectivity index (χ1v) is 5.54. The molecule has 0 aliphatic heterocycles. The lowest BCUT2D eigenvalue weighted by Crippen LogP contribution is -2.08. The van der Waals surface area contributed by atoms with Crippen LogP contribution < -0.4 is 14.2 Å². The smallest absolute Gasteiger partial charge is 0.308 e. The van der Waals surface area contributed by atoms with Crippen molar-refractivity contribution in [3.8, 4) is 17.2 Å². The number of rotatable bonds is 5. The SMILES string of the molecule is COCc1cc(OC(C)=O)c(OC)cc1OC(C)=O. The normalized spacial score (nSPS) is 9.89. The summed E-state index contributed by atoms with van der Waals surface area (Å²) in [4.78, 5) is 22.1. The Bertz CT molecular complexity index is 480. The van der Waals surface area contributed by atoms with E-state index in [0.717, 1.165) is 0 Å². The number of benzene rings is 1. The Morgan fingerprint density at radius 3 is 2.00 bits per heavy atom. The van der Waals surface area contributed by atoms with Crippen LogP contribution in [0.1, 0.15) is 19.4 Å². The Kier molecular flexibility index (Phi) is 5.32. The molecule has 0 amide bonds. The van der Waals surface area contributed by atoms with Crippen molar-refractivity contribution in [1.82, 2.24) is 0 Å². The molecule has 0 N–H and O–H groups in total. The van der Waals surface area contributed by atoms with E-state index < -0.39 is 11.9 Å². The Morgan fingerprint density at radius 2 is 1.53 bits per heavy atom. The zero-order valence-electron chi connectivity index (χ0n) is 11.3. The summed E-state index contributed by atoms with van der Waals surface area (Å²) in [6.07, 6.45) is 0. The fourth-order valence-electron chi connectivity index (χ4n) is 1.50. The quantitative estimate of drug-likeness (QED) is 0.598. The van der Waals surface area contributed by atoms with Crippen LogP contribution in [0.3, 0.4) is 0 Å². The molecular weight excluding hydrogens is 252 g/mol. The van der Waals surface area contributed by atoms with E-state index in [1.807, 2.05) is 0 Å². The van der Waals surface area contributed by atoms with E-state index in [0.29, 0.717) is 17.1 Å². The van der Waals surface area contributed by atoms with Crippen molar-refractivity contribution in [3.63, 3.8) is 0 Å². The van der Waals surface area contributed by atoms with Crippen molar-refractivity contribution in [2.24, 2.45) is 0 Å². The van der Waals surface area contributed by atoms with E-state index in [1.165, 1.54) is 34.1 Å². The third-order valence-corrected chi connectivity index (χ3v) is 2.15. The summed E-state index contributed by atoms with van der Waals surface area (Å²) >= 11 is 0. The fraction of sp³-hybridized carbons (Fsp3) is 0.385. The molecule has 0 radical (unpaired) electrons. The molecule has 6 nitrogen and oxygen atoms in total. The summed E-state index contributed by atoms with van der Waals surface area (Å²) in [7, 11) is 2.93. The molecule has 1 aromatic carbocycles. The first-order chi connectivity index (χ1) is 8.97. The summed E-state index contributed by atoms with van der Waals surface area (Å²) in [5, 5.41) is 0. The van der Waals surface area contributed by atoms with Gasteiger partial charge in [0, 0.05) is 32.6 Å². The van der Waals surface area contributed by atoms with E-state index in [-0.39, 0.29) is 12.4 Å². The van der Waals surface area contributed by atoms with Gasteiger partial charge in [-0.3, -0.25) is 9.59 Å². The molecule has 0 bridgehead atoms. The Balaban J connectivity index is 3.23. The van der Waals surface area contributed by atoms with Crippen molar-refractivity contribution in [3.05, 3.63) is 17.7 Å². The van der Waals surface area contributed by atoms with Crippen LogP contribution in [0, 0.1) is 0 Å². The number of ether oxygens (including phenoxy) is 4. The van der Waals surface area contributed by atoms with Crippen molar-refractivity contribution >= 4 is 11.9 Å². The molecule has 0 unspecified atom stereocenters. The predicted octanol–water partition coefficient (Wildman–Crippen LogP) is 1.69. The summed E-state index contributed by atoms with van der Waals surface area (Å²) in [6.45, 7) is 2.79. The number of methoxy groups -OCH3 is 2. The first kappa shape index (κ1) is 15.0. The predicted molar refractivity (Wildman–Crippen MR) is 66.3 cm³/mol. The number of hydrogen-bond donors (Lipinski definition) is 0. The topological polar surface area (TPSA) is 71.1 Å². The van der Waals surface area contributed by atoms with Gasteiger partial charge in [0.05, 0.1) is 13.7 Å². The van der Waals surface area contributed by atoms with Gasteiger partial charge in [-0.2, -0.15) is 0 Å². The van der Waals surface area contributed by atoms with Crippen LogP contribution in [0.2, 0.25) is 0 Å². The van der Waals surface area contributed by atoms with Crippen molar-refractivity contribution in [2.45, 2.75) is 20.5 Å². The second kappa shape index (κ2) is 6.75. The zero-order chi connectivity index (χ0) is 14.4. The molecule has 0 aliphatic rings. The van der Waals surface area contributed by atoms with Crippen LogP contribution in [0.25, 0.3) is 0 Å². The molecule has 0 saturated carbocycles. The molecular formula is C13H16O6. The Labute approximate surface area is 111 Å². The highest BCUT2D eigenvalue weighted by Crippen LogP contribution is 2.35. The average Bonchev–Trinajstić information content (AvgIpc) is 2.31. The molecule has 0 spiro atoms. The molecule has 0 aromatic heterocycles. The summed E-state index contributed by atoms with van der Waals surface area (Å²) in [6, 6.07) is 3.02. The minimum absolute atomic E-state index is 0.209. The Morgan fingerprint density at radius 1 is 0.947 bits per heavy atom. The number of carbonyl (C=O) groups is 2. The third-order valence-electron chi connectivity index (χ3n) is 2.15. The van der Waals surface area contributed by atoms with Gasteiger partial charge in [0.2, 0.25) is 0 Å². The summed E-state index contributed by atoms with van der Waals surface area (Å²) in [5.74, 6) is -0.0760. The van der Waals surface area contributed by atoms with Crippen LogP contribution in [0.5, 0.6) is 17.2 Å². The van der Waals surface area contributed by atoms with Gasteiger partial charge in [-0.25, -0.2) is 0 Å². The van der Waals surface area contributed by atoms with Crippen LogP contribution >= 0.6 is 0 Å². The van der Waals surface area contributed by atoms with Crippen LogP contribution in [0.15, 0.2) is 12.1 Å². The number of carbonyl (C=O) groups excluding carboxylic acids is 2. The van der Waals surface area contributed by atoms with Gasteiger partial charge in [0.1, 0.15) is 5.75 Å². The highest BCUT2D eigenvalue weighted by Gasteiger charge is 2.15. The second-order valence-electron chi connectivity index (χ2n) is 3.73. The van der Waals surface area contributed by atoms with E-state index in [9.17, 15) is 9.59 Å². The van der Waals surface area contributed by atoms with Gasteiger partial charge < -0.3 is 18.9 Å². The average molecular weight is 268 g/mol. The highest BCUT2D eigenvalue weighted by molar-refractivity contribution is 5.73. The molecule has 0 aliphatic carbocycles. The molecule has 0 heterocycles. The molecule has 1 aromatic rings. The molecule has 0 saturated heterocycles. The number of hydrogen-bond acceptors (Lipinski definition) is 6. The van der Waals surface area contributed by atoms with Gasteiger partial charge in [0.15, 0.2) is 11.5 Å². The van der Waals surface area contributed by atoms with E-state index in [1.54, 1.807) is 6.07 Å². The highest BCUT2D eigenvalue weighted by atomic mass is 16.6. The van der Waals surface area contributed by atoms with Crippen molar-refractivity contribution in [1.29, 1.82) is 0 Å². The van der Waals surface area contributed by atoms with Crippen LogP contribution in [-0.2, 0) is 20.9 Å². The maximum Gasteiger partial charge on any atom is 0.308 e. The van der Waals surface area contributed by atoms with Gasteiger partial charge in [0.25, 0.3) is 0 Å². The minimum Gasteiger partial charge on any atom is -0.493 e. The molecule has 0 atom stereocenters. The van der Waals surface area contributed by atoms with Gasteiger partial charge in [-0.15, -0.1) is 0 Å². The molecule has 1 rings (SSSR count). The molecule has 19 heavy (non-hydrogen) atoms. The zero-order valence-corrected chi connectivity index (χ0v) is 11.3. The molecule has 104 valence electrons. The van der Waals surface area contributed by atoms with Gasteiger partial charge in [-0.05, 0) is 6.07 Å². The van der Waals surface area contributed by atoms with E-state index in [2.05, 4.69) is 0 Å². The Hall–Kier alpha value is -2.08. The van der Waals surface area contributed by atoms with Crippen LogP contribution in [0.4, 0.5) is 0 Å². The second-order valence-corrected chi connectivity index (χ2v) is 3.73. The molecule has 6 heteroatoms. The van der Waals surface area contributed by atoms with E-state index in [4.69, 9.17) is 18.9 Å². The lowest BCUT2D eigenvalue weighted by Gasteiger charge is -2.14. The fourth-order valence-corrected chi connectivity index (χ4v) is 1.50. The van der Waals surface area contributed by atoms with E-state index >= 15 is 0 Å². The lowest BCUT2D eigenvalue weighted by molar-refractivity contribution is -0.133. The molecule has 0 fully saturated rings. The monoisotopic (exact) mass is 268 g/mol.